The molecule has 0 bridgehead atoms. The first-order valence-electron chi connectivity index (χ1n) is 4.64. The molecule has 0 aromatic rings. The van der Waals surface area contributed by atoms with E-state index in [0.29, 0.717) is 13.1 Å². The summed E-state index contributed by atoms with van der Waals surface area (Å²) in [6.45, 7) is 3.11. The average Bonchev–Trinajstić information content (AvgIpc) is 2.14. The van der Waals surface area contributed by atoms with Crippen LogP contribution in [-0.2, 0) is 0 Å². The van der Waals surface area contributed by atoms with Crippen molar-refractivity contribution >= 4 is 0 Å². The van der Waals surface area contributed by atoms with E-state index in [1.54, 1.807) is 0 Å². The SMILES string of the molecule is FC(CCN1CCNCC1)C(F)(F)F. The van der Waals surface area contributed by atoms with Gasteiger partial charge in [-0.05, 0) is 0 Å². The third-order valence-electron chi connectivity index (χ3n) is 2.26. The Morgan fingerprint density at radius 3 is 2.29 bits per heavy atom. The molecular weight excluding hydrogens is 200 g/mol. The van der Waals surface area contributed by atoms with E-state index in [-0.39, 0.29) is 6.54 Å². The van der Waals surface area contributed by atoms with Crippen molar-refractivity contribution in [2.45, 2.75) is 18.8 Å². The van der Waals surface area contributed by atoms with E-state index in [9.17, 15) is 17.6 Å². The van der Waals surface area contributed by atoms with Crippen LogP contribution in [0.4, 0.5) is 17.6 Å². The lowest BCUT2D eigenvalue weighted by atomic mass is 10.2. The van der Waals surface area contributed by atoms with E-state index in [4.69, 9.17) is 0 Å². The minimum absolute atomic E-state index is 0.183. The van der Waals surface area contributed by atoms with E-state index in [1.807, 2.05) is 4.90 Å². The molecule has 0 aliphatic carbocycles. The standard InChI is InChI=1S/C8H14F4N2/c9-7(8(10,11)12)1-4-14-5-2-13-3-6-14/h7,13H,1-6H2. The van der Waals surface area contributed by atoms with Crippen molar-refractivity contribution in [1.82, 2.24) is 10.2 Å². The Labute approximate surface area is 80.3 Å². The summed E-state index contributed by atoms with van der Waals surface area (Å²) < 4.78 is 47.9. The Morgan fingerprint density at radius 2 is 1.79 bits per heavy atom. The molecule has 0 spiro atoms. The highest BCUT2D eigenvalue weighted by Gasteiger charge is 2.39. The van der Waals surface area contributed by atoms with Crippen LogP contribution in [0.2, 0.25) is 0 Å². The number of halogens is 4. The fourth-order valence-corrected chi connectivity index (χ4v) is 1.39. The minimum Gasteiger partial charge on any atom is -0.314 e. The fourth-order valence-electron chi connectivity index (χ4n) is 1.39. The number of nitrogens with zero attached hydrogens (tertiary/aromatic N) is 1. The summed E-state index contributed by atoms with van der Waals surface area (Å²) in [5.41, 5.74) is 0. The van der Waals surface area contributed by atoms with Crippen molar-refractivity contribution in [3.8, 4) is 0 Å². The van der Waals surface area contributed by atoms with Crippen LogP contribution in [0.25, 0.3) is 0 Å². The number of nitrogens with one attached hydrogen (secondary N) is 1. The summed E-state index contributed by atoms with van der Waals surface area (Å²) in [5.74, 6) is 0. The third kappa shape index (κ3) is 3.79. The van der Waals surface area contributed by atoms with E-state index in [1.165, 1.54) is 0 Å². The Kier molecular flexibility index (Phi) is 4.12. The zero-order chi connectivity index (χ0) is 10.6. The van der Waals surface area contributed by atoms with Gasteiger partial charge in [-0.2, -0.15) is 13.2 Å². The van der Waals surface area contributed by atoms with Crippen LogP contribution in [0.1, 0.15) is 6.42 Å². The zero-order valence-electron chi connectivity index (χ0n) is 7.78. The lowest BCUT2D eigenvalue weighted by Gasteiger charge is -2.27. The molecular formula is C8H14F4N2. The lowest BCUT2D eigenvalue weighted by Crippen LogP contribution is -2.44. The van der Waals surface area contributed by atoms with Crippen LogP contribution in [-0.4, -0.2) is 50.0 Å². The van der Waals surface area contributed by atoms with Crippen molar-refractivity contribution < 1.29 is 17.6 Å². The normalized spacial score (nSPS) is 22.3. The van der Waals surface area contributed by atoms with E-state index in [2.05, 4.69) is 5.32 Å². The van der Waals surface area contributed by atoms with Gasteiger partial charge in [0.05, 0.1) is 0 Å². The number of rotatable bonds is 3. The lowest BCUT2D eigenvalue weighted by molar-refractivity contribution is -0.182. The summed E-state index contributed by atoms with van der Waals surface area (Å²) in [7, 11) is 0. The van der Waals surface area contributed by atoms with Gasteiger partial charge in [-0.25, -0.2) is 4.39 Å². The predicted molar refractivity (Wildman–Crippen MR) is 44.9 cm³/mol. The van der Waals surface area contributed by atoms with Gasteiger partial charge in [0.15, 0.2) is 6.17 Å². The molecule has 1 rings (SSSR count). The van der Waals surface area contributed by atoms with Gasteiger partial charge >= 0.3 is 6.18 Å². The number of piperazine rings is 1. The highest BCUT2D eigenvalue weighted by atomic mass is 19.4. The number of hydrogen-bond donors (Lipinski definition) is 1. The van der Waals surface area contributed by atoms with Gasteiger partial charge in [-0.1, -0.05) is 0 Å². The smallest absolute Gasteiger partial charge is 0.314 e. The predicted octanol–water partition coefficient (Wildman–Crippen LogP) is 1.18. The molecule has 6 heteroatoms. The van der Waals surface area contributed by atoms with Crippen molar-refractivity contribution in [3.05, 3.63) is 0 Å². The van der Waals surface area contributed by atoms with Crippen LogP contribution in [0.5, 0.6) is 0 Å². The highest BCUT2D eigenvalue weighted by Crippen LogP contribution is 2.25. The highest BCUT2D eigenvalue weighted by molar-refractivity contribution is 4.72. The fraction of sp³-hybridized carbons (Fsp3) is 1.00. The third-order valence-corrected chi connectivity index (χ3v) is 2.26. The van der Waals surface area contributed by atoms with Gasteiger partial charge in [0.1, 0.15) is 0 Å². The first-order chi connectivity index (χ1) is 6.50. The Balaban J connectivity index is 2.19. The minimum atomic E-state index is -4.70. The first-order valence-corrected chi connectivity index (χ1v) is 4.64. The van der Waals surface area contributed by atoms with Crippen LogP contribution < -0.4 is 5.32 Å². The van der Waals surface area contributed by atoms with Crippen molar-refractivity contribution in [1.29, 1.82) is 0 Å². The van der Waals surface area contributed by atoms with Crippen molar-refractivity contribution in [3.63, 3.8) is 0 Å². The topological polar surface area (TPSA) is 15.3 Å². The largest absolute Gasteiger partial charge is 0.419 e. The van der Waals surface area contributed by atoms with Crippen LogP contribution >= 0.6 is 0 Å². The molecule has 1 aliphatic heterocycles. The van der Waals surface area contributed by atoms with Crippen LogP contribution in [0.15, 0.2) is 0 Å². The van der Waals surface area contributed by atoms with Crippen molar-refractivity contribution in [2.75, 3.05) is 32.7 Å². The quantitative estimate of drug-likeness (QED) is 0.710. The summed E-state index contributed by atoms with van der Waals surface area (Å²) in [6, 6.07) is 0. The maximum absolute atomic E-state index is 12.5. The Hall–Kier alpha value is -0.360. The first kappa shape index (κ1) is 11.7. The second-order valence-electron chi connectivity index (χ2n) is 3.39. The van der Waals surface area contributed by atoms with Gasteiger partial charge in [-0.15, -0.1) is 0 Å². The molecule has 1 unspecified atom stereocenters. The van der Waals surface area contributed by atoms with Crippen molar-refractivity contribution in [2.24, 2.45) is 0 Å². The molecule has 2 nitrogen and oxygen atoms in total. The maximum Gasteiger partial charge on any atom is 0.419 e. The molecule has 0 amide bonds. The van der Waals surface area contributed by atoms with Gasteiger partial charge in [0.25, 0.3) is 0 Å². The molecule has 1 atom stereocenters. The van der Waals surface area contributed by atoms with Crippen LogP contribution in [0.3, 0.4) is 0 Å². The molecule has 1 fully saturated rings. The maximum atomic E-state index is 12.5. The van der Waals surface area contributed by atoms with E-state index >= 15 is 0 Å². The summed E-state index contributed by atoms with van der Waals surface area (Å²) in [4.78, 5) is 1.84. The van der Waals surface area contributed by atoms with Gasteiger partial charge < -0.3 is 10.2 Å². The summed E-state index contributed by atoms with van der Waals surface area (Å²) >= 11 is 0. The summed E-state index contributed by atoms with van der Waals surface area (Å²) in [5, 5.41) is 3.07. The molecule has 0 radical (unpaired) electrons. The van der Waals surface area contributed by atoms with Gasteiger partial charge in [0, 0.05) is 39.1 Å². The average molecular weight is 214 g/mol. The number of alkyl halides is 4. The molecule has 84 valence electrons. The molecule has 0 aromatic heterocycles. The summed E-state index contributed by atoms with van der Waals surface area (Å²) in [6.07, 6.45) is -7.84. The molecule has 1 heterocycles. The Morgan fingerprint density at radius 1 is 1.21 bits per heavy atom. The number of hydrogen-bond acceptors (Lipinski definition) is 2. The second-order valence-corrected chi connectivity index (χ2v) is 3.39. The molecule has 1 N–H and O–H groups in total. The second kappa shape index (κ2) is 4.93. The Bertz CT molecular complexity index is 165. The van der Waals surface area contributed by atoms with Gasteiger partial charge in [0.2, 0.25) is 0 Å². The van der Waals surface area contributed by atoms with E-state index < -0.39 is 18.8 Å². The molecule has 0 aromatic carbocycles. The van der Waals surface area contributed by atoms with E-state index in [0.717, 1.165) is 13.1 Å². The molecule has 0 saturated carbocycles. The van der Waals surface area contributed by atoms with Crippen LogP contribution in [0, 0.1) is 0 Å². The van der Waals surface area contributed by atoms with Gasteiger partial charge in [-0.3, -0.25) is 0 Å². The monoisotopic (exact) mass is 214 g/mol. The molecule has 1 saturated heterocycles. The molecule has 14 heavy (non-hydrogen) atoms. The molecule has 1 aliphatic rings. The zero-order valence-corrected chi connectivity index (χ0v) is 7.78.